The highest BCUT2D eigenvalue weighted by molar-refractivity contribution is 5.79. The van der Waals surface area contributed by atoms with Crippen molar-refractivity contribution in [2.45, 2.75) is 25.8 Å². The first-order valence-electron chi connectivity index (χ1n) is 9.95. The summed E-state index contributed by atoms with van der Waals surface area (Å²) in [7, 11) is 5.14. The molecule has 0 heterocycles. The van der Waals surface area contributed by atoms with Crippen LogP contribution in [0, 0.1) is 0 Å². The van der Waals surface area contributed by atoms with E-state index >= 15 is 0 Å². The van der Waals surface area contributed by atoms with Crippen LogP contribution in [0.15, 0.2) is 53.5 Å². The van der Waals surface area contributed by atoms with E-state index in [1.807, 2.05) is 30.3 Å². The number of aliphatic imine (C=N–C) groups is 1. The maximum atomic E-state index is 5.66. The van der Waals surface area contributed by atoms with Gasteiger partial charge in [-0.25, -0.2) is 0 Å². The summed E-state index contributed by atoms with van der Waals surface area (Å²) >= 11 is 0. The zero-order valence-electron chi connectivity index (χ0n) is 17.9. The molecule has 0 saturated heterocycles. The lowest BCUT2D eigenvalue weighted by Crippen LogP contribution is -2.37. The van der Waals surface area contributed by atoms with Gasteiger partial charge in [-0.2, -0.15) is 0 Å². The Labute approximate surface area is 174 Å². The summed E-state index contributed by atoms with van der Waals surface area (Å²) in [5.41, 5.74) is 2.44. The quantitative estimate of drug-likeness (QED) is 0.344. The van der Waals surface area contributed by atoms with Crippen LogP contribution in [0.2, 0.25) is 0 Å². The molecule has 0 saturated carbocycles. The lowest BCUT2D eigenvalue weighted by molar-refractivity contribution is 0.146. The van der Waals surface area contributed by atoms with Crippen LogP contribution in [-0.2, 0) is 11.3 Å². The van der Waals surface area contributed by atoms with Crippen LogP contribution in [0.3, 0.4) is 0 Å². The predicted molar refractivity (Wildman–Crippen MR) is 118 cm³/mol. The fraction of sp³-hybridized carbons (Fsp3) is 0.435. The monoisotopic (exact) mass is 399 g/mol. The van der Waals surface area contributed by atoms with E-state index in [4.69, 9.17) is 14.2 Å². The third kappa shape index (κ3) is 8.03. The maximum absolute atomic E-state index is 5.66. The molecule has 2 rings (SSSR count). The van der Waals surface area contributed by atoms with Crippen LogP contribution in [-0.4, -0.2) is 47.0 Å². The topological polar surface area (TPSA) is 64.1 Å². The molecule has 2 aromatic carbocycles. The third-order valence-electron chi connectivity index (χ3n) is 4.69. The molecule has 6 heteroatoms. The Morgan fingerprint density at radius 3 is 2.48 bits per heavy atom. The lowest BCUT2D eigenvalue weighted by Gasteiger charge is -2.16. The van der Waals surface area contributed by atoms with Gasteiger partial charge in [0, 0.05) is 27.2 Å². The van der Waals surface area contributed by atoms with Crippen LogP contribution in [0.1, 0.15) is 30.4 Å². The van der Waals surface area contributed by atoms with Crippen molar-refractivity contribution in [3.8, 4) is 11.5 Å². The largest absolute Gasteiger partial charge is 0.497 e. The van der Waals surface area contributed by atoms with Crippen LogP contribution in [0.25, 0.3) is 0 Å². The Kier molecular flexibility index (Phi) is 9.86. The second kappa shape index (κ2) is 12.7. The second-order valence-corrected chi connectivity index (χ2v) is 6.80. The standard InChI is InChI=1S/C23H33N3O3/c1-18(20-8-10-21(28-4)11-9-20)12-13-25-23(24-2)26-17-19-6-5-7-22(16-19)29-15-14-27-3/h5-11,16,18H,12-15,17H2,1-4H3,(H2,24,25,26). The van der Waals surface area contributed by atoms with Crippen molar-refractivity contribution in [1.29, 1.82) is 0 Å². The molecule has 2 N–H and O–H groups in total. The first kappa shape index (κ1) is 22.6. The number of guanidine groups is 1. The Morgan fingerprint density at radius 1 is 1.00 bits per heavy atom. The van der Waals surface area contributed by atoms with E-state index in [1.54, 1.807) is 21.3 Å². The highest BCUT2D eigenvalue weighted by atomic mass is 16.5. The highest BCUT2D eigenvalue weighted by Crippen LogP contribution is 2.21. The molecule has 29 heavy (non-hydrogen) atoms. The van der Waals surface area contributed by atoms with Crippen LogP contribution < -0.4 is 20.1 Å². The zero-order chi connectivity index (χ0) is 20.9. The van der Waals surface area contributed by atoms with Gasteiger partial charge in [0.2, 0.25) is 0 Å². The molecule has 0 radical (unpaired) electrons. The molecule has 0 aromatic heterocycles. The van der Waals surface area contributed by atoms with E-state index in [0.717, 1.165) is 36.0 Å². The van der Waals surface area contributed by atoms with Crippen LogP contribution in [0.5, 0.6) is 11.5 Å². The third-order valence-corrected chi connectivity index (χ3v) is 4.69. The molecule has 0 bridgehead atoms. The number of ether oxygens (including phenoxy) is 3. The summed E-state index contributed by atoms with van der Waals surface area (Å²) in [5.74, 6) is 2.97. The number of nitrogens with one attached hydrogen (secondary N) is 2. The van der Waals surface area contributed by atoms with Gasteiger partial charge in [0.1, 0.15) is 18.1 Å². The summed E-state index contributed by atoms with van der Waals surface area (Å²) in [6.07, 6.45) is 1.01. The van der Waals surface area contributed by atoms with Gasteiger partial charge < -0.3 is 24.8 Å². The molecule has 0 aliphatic heterocycles. The van der Waals surface area contributed by atoms with Crippen molar-refractivity contribution in [2.75, 3.05) is 41.0 Å². The first-order chi connectivity index (χ1) is 14.2. The van der Waals surface area contributed by atoms with E-state index in [0.29, 0.717) is 25.7 Å². The van der Waals surface area contributed by atoms with Gasteiger partial charge in [-0.05, 0) is 47.7 Å². The molecule has 0 amide bonds. The number of nitrogens with zero attached hydrogens (tertiary/aromatic N) is 1. The molecule has 6 nitrogen and oxygen atoms in total. The second-order valence-electron chi connectivity index (χ2n) is 6.80. The van der Waals surface area contributed by atoms with Crippen molar-refractivity contribution < 1.29 is 14.2 Å². The first-order valence-corrected chi connectivity index (χ1v) is 9.95. The van der Waals surface area contributed by atoms with Gasteiger partial charge in [-0.3, -0.25) is 4.99 Å². The summed E-state index contributed by atoms with van der Waals surface area (Å²) in [6.45, 7) is 4.87. The smallest absolute Gasteiger partial charge is 0.191 e. The van der Waals surface area contributed by atoms with E-state index in [-0.39, 0.29) is 0 Å². The number of benzene rings is 2. The normalized spacial score (nSPS) is 12.3. The van der Waals surface area contributed by atoms with E-state index in [9.17, 15) is 0 Å². The Hall–Kier alpha value is -2.73. The van der Waals surface area contributed by atoms with Crippen LogP contribution >= 0.6 is 0 Å². The van der Waals surface area contributed by atoms with Gasteiger partial charge in [-0.1, -0.05) is 31.2 Å². The molecule has 0 spiro atoms. The average molecular weight is 400 g/mol. The fourth-order valence-corrected chi connectivity index (χ4v) is 2.90. The van der Waals surface area contributed by atoms with Crippen LogP contribution in [0.4, 0.5) is 0 Å². The zero-order valence-corrected chi connectivity index (χ0v) is 17.9. The minimum absolute atomic E-state index is 0.451. The summed E-state index contributed by atoms with van der Waals surface area (Å²) in [6, 6.07) is 16.3. The molecular weight excluding hydrogens is 366 g/mol. The van der Waals surface area contributed by atoms with Crippen molar-refractivity contribution >= 4 is 5.96 Å². The minimum atomic E-state index is 0.451. The van der Waals surface area contributed by atoms with E-state index < -0.39 is 0 Å². The molecule has 0 fully saturated rings. The van der Waals surface area contributed by atoms with Crippen molar-refractivity contribution in [3.63, 3.8) is 0 Å². The van der Waals surface area contributed by atoms with Gasteiger partial charge in [-0.15, -0.1) is 0 Å². The molecular formula is C23H33N3O3. The summed E-state index contributed by atoms with van der Waals surface area (Å²) in [4.78, 5) is 4.31. The molecule has 0 aliphatic rings. The average Bonchev–Trinajstić information content (AvgIpc) is 2.76. The number of hydrogen-bond acceptors (Lipinski definition) is 4. The van der Waals surface area contributed by atoms with Crippen molar-refractivity contribution in [1.82, 2.24) is 10.6 Å². The van der Waals surface area contributed by atoms with Gasteiger partial charge in [0.15, 0.2) is 5.96 Å². The van der Waals surface area contributed by atoms with Gasteiger partial charge in [0.05, 0.1) is 13.7 Å². The predicted octanol–water partition coefficient (Wildman–Crippen LogP) is 3.58. The van der Waals surface area contributed by atoms with Crippen molar-refractivity contribution in [3.05, 3.63) is 59.7 Å². The maximum Gasteiger partial charge on any atom is 0.191 e. The SMILES string of the molecule is CN=C(NCCC(C)c1ccc(OC)cc1)NCc1cccc(OCCOC)c1. The number of hydrogen-bond donors (Lipinski definition) is 2. The molecule has 1 unspecified atom stereocenters. The fourth-order valence-electron chi connectivity index (χ4n) is 2.90. The van der Waals surface area contributed by atoms with Gasteiger partial charge >= 0.3 is 0 Å². The number of methoxy groups -OCH3 is 2. The minimum Gasteiger partial charge on any atom is -0.497 e. The highest BCUT2D eigenvalue weighted by Gasteiger charge is 2.07. The molecule has 1 atom stereocenters. The Bertz CT molecular complexity index is 747. The molecule has 2 aromatic rings. The number of rotatable bonds is 11. The summed E-state index contributed by atoms with van der Waals surface area (Å²) < 4.78 is 15.9. The van der Waals surface area contributed by atoms with Gasteiger partial charge in [0.25, 0.3) is 0 Å². The van der Waals surface area contributed by atoms with E-state index in [2.05, 4.69) is 40.7 Å². The Balaban J connectivity index is 1.75. The molecule has 158 valence electrons. The molecule has 0 aliphatic carbocycles. The summed E-state index contributed by atoms with van der Waals surface area (Å²) in [5, 5.41) is 6.74. The van der Waals surface area contributed by atoms with Crippen molar-refractivity contribution in [2.24, 2.45) is 4.99 Å². The lowest BCUT2D eigenvalue weighted by atomic mass is 9.98. The Morgan fingerprint density at radius 2 is 1.79 bits per heavy atom. The van der Waals surface area contributed by atoms with E-state index in [1.165, 1.54) is 5.56 Å².